The Morgan fingerprint density at radius 1 is 1.32 bits per heavy atom. The van der Waals surface area contributed by atoms with Crippen molar-refractivity contribution in [1.82, 2.24) is 4.90 Å². The van der Waals surface area contributed by atoms with Crippen LogP contribution in [-0.4, -0.2) is 29.7 Å². The van der Waals surface area contributed by atoms with Crippen LogP contribution >= 0.6 is 0 Å². The van der Waals surface area contributed by atoms with Crippen molar-refractivity contribution in [2.45, 2.75) is 26.7 Å². The summed E-state index contributed by atoms with van der Waals surface area (Å²) in [6, 6.07) is 4.84. The summed E-state index contributed by atoms with van der Waals surface area (Å²) in [6.45, 7) is 4.30. The molecule has 1 aromatic rings. The maximum Gasteiger partial charge on any atom is 0.256 e. The molecular formula is C19H18F2N2O2. The van der Waals surface area contributed by atoms with Gasteiger partial charge in [0.15, 0.2) is 5.78 Å². The number of halogens is 2. The third kappa shape index (κ3) is 2.95. The second kappa shape index (κ2) is 5.76. The molecule has 0 N–H and O–H groups in total. The van der Waals surface area contributed by atoms with E-state index in [-0.39, 0.29) is 16.9 Å². The number of benzene rings is 1. The number of rotatable bonds is 1. The maximum atomic E-state index is 13.9. The minimum absolute atomic E-state index is 0.124. The van der Waals surface area contributed by atoms with Gasteiger partial charge in [-0.15, -0.1) is 0 Å². The van der Waals surface area contributed by atoms with Crippen LogP contribution in [0.5, 0.6) is 0 Å². The van der Waals surface area contributed by atoms with Crippen LogP contribution in [0.3, 0.4) is 0 Å². The monoisotopic (exact) mass is 344 g/mol. The number of likely N-dealkylation sites (tertiary alicyclic amines) is 1. The van der Waals surface area contributed by atoms with Crippen molar-refractivity contribution < 1.29 is 18.4 Å². The number of carbonyl (C=O) groups is 2. The number of nitriles is 1. The van der Waals surface area contributed by atoms with E-state index in [0.717, 1.165) is 12.1 Å². The molecule has 0 unspecified atom stereocenters. The zero-order chi connectivity index (χ0) is 18.4. The fourth-order valence-electron chi connectivity index (χ4n) is 4.00. The number of carbonyl (C=O) groups excluding carboxylic acids is 2. The van der Waals surface area contributed by atoms with Gasteiger partial charge in [0.2, 0.25) is 0 Å². The van der Waals surface area contributed by atoms with Crippen molar-refractivity contribution in [2.24, 2.45) is 10.8 Å². The van der Waals surface area contributed by atoms with Crippen molar-refractivity contribution in [3.63, 3.8) is 0 Å². The highest BCUT2D eigenvalue weighted by Gasteiger charge is 2.49. The Labute approximate surface area is 144 Å². The molecule has 4 nitrogen and oxygen atoms in total. The number of nitrogens with zero attached hydrogens (tertiary/aromatic N) is 2. The summed E-state index contributed by atoms with van der Waals surface area (Å²) in [5, 5.41) is 9.25. The molecule has 2 aliphatic rings. The first-order chi connectivity index (χ1) is 11.7. The molecule has 1 heterocycles. The van der Waals surface area contributed by atoms with Crippen LogP contribution in [-0.2, 0) is 4.79 Å². The second-order valence-corrected chi connectivity index (χ2v) is 7.52. The largest absolute Gasteiger partial charge is 0.338 e. The van der Waals surface area contributed by atoms with Crippen molar-refractivity contribution >= 4 is 11.7 Å². The molecule has 0 radical (unpaired) electrons. The predicted molar refractivity (Wildman–Crippen MR) is 86.4 cm³/mol. The molecule has 1 spiro atoms. The first-order valence-electron chi connectivity index (χ1n) is 8.10. The van der Waals surface area contributed by atoms with Crippen molar-refractivity contribution in [3.05, 3.63) is 47.0 Å². The molecule has 130 valence electrons. The fraction of sp³-hybridized carbons (Fsp3) is 0.421. The summed E-state index contributed by atoms with van der Waals surface area (Å²) in [5.41, 5.74) is -1.19. The Bertz CT molecular complexity index is 838. The third-order valence-electron chi connectivity index (χ3n) is 5.06. The van der Waals surface area contributed by atoms with Crippen LogP contribution in [0.1, 0.15) is 37.0 Å². The van der Waals surface area contributed by atoms with Gasteiger partial charge in [0, 0.05) is 30.0 Å². The van der Waals surface area contributed by atoms with E-state index >= 15 is 0 Å². The first-order valence-corrected chi connectivity index (χ1v) is 8.10. The van der Waals surface area contributed by atoms with Gasteiger partial charge in [0.05, 0.1) is 11.1 Å². The summed E-state index contributed by atoms with van der Waals surface area (Å²) >= 11 is 0. The molecule has 1 fully saturated rings. The molecule has 1 aliphatic carbocycles. The molecule has 1 aliphatic heterocycles. The smallest absolute Gasteiger partial charge is 0.256 e. The Morgan fingerprint density at radius 3 is 2.68 bits per heavy atom. The zero-order valence-corrected chi connectivity index (χ0v) is 14.1. The lowest BCUT2D eigenvalue weighted by Gasteiger charge is -2.38. The molecular weight excluding hydrogens is 326 g/mol. The topological polar surface area (TPSA) is 61.2 Å². The summed E-state index contributed by atoms with van der Waals surface area (Å²) in [7, 11) is 0. The molecule has 25 heavy (non-hydrogen) atoms. The molecule has 3 rings (SSSR count). The van der Waals surface area contributed by atoms with Gasteiger partial charge in [-0.25, -0.2) is 8.78 Å². The van der Waals surface area contributed by atoms with E-state index < -0.39 is 28.4 Å². The van der Waals surface area contributed by atoms with Crippen LogP contribution in [0.4, 0.5) is 8.78 Å². The molecule has 6 heteroatoms. The van der Waals surface area contributed by atoms with Gasteiger partial charge in [0.25, 0.3) is 5.91 Å². The highest BCUT2D eigenvalue weighted by Crippen LogP contribution is 2.48. The summed E-state index contributed by atoms with van der Waals surface area (Å²) in [6.07, 6.45) is 2.80. The zero-order valence-electron chi connectivity index (χ0n) is 14.1. The Kier molecular flexibility index (Phi) is 3.98. The number of amides is 1. The van der Waals surface area contributed by atoms with Crippen LogP contribution in [0.25, 0.3) is 0 Å². The van der Waals surface area contributed by atoms with Gasteiger partial charge < -0.3 is 4.90 Å². The highest BCUT2D eigenvalue weighted by molar-refractivity contribution is 6.03. The lowest BCUT2D eigenvalue weighted by Crippen LogP contribution is -2.40. The Balaban J connectivity index is 1.88. The van der Waals surface area contributed by atoms with E-state index in [1.165, 1.54) is 4.90 Å². The molecule has 1 amide bonds. The van der Waals surface area contributed by atoms with Crippen molar-refractivity contribution in [2.75, 3.05) is 13.1 Å². The van der Waals surface area contributed by atoms with Crippen LogP contribution in [0, 0.1) is 33.8 Å². The van der Waals surface area contributed by atoms with Crippen molar-refractivity contribution in [3.8, 4) is 6.07 Å². The van der Waals surface area contributed by atoms with E-state index in [4.69, 9.17) is 0 Å². The number of Topliss-reactive ketones (excluding diaryl/α,β-unsaturated/α-hetero) is 1. The van der Waals surface area contributed by atoms with E-state index in [0.29, 0.717) is 32.0 Å². The average molecular weight is 344 g/mol. The molecule has 0 saturated carbocycles. The minimum atomic E-state index is -0.890. The average Bonchev–Trinajstić information content (AvgIpc) is 2.93. The number of allylic oxidation sites excluding steroid dienone is 1. The SMILES string of the molecule is CC1(C)C[C@@]2(C=C(C#N)C1=O)CCN(C(=O)c1ccc(F)cc1F)C2. The Hall–Kier alpha value is -2.55. The van der Waals surface area contributed by atoms with Crippen LogP contribution in [0.15, 0.2) is 29.8 Å². The minimum Gasteiger partial charge on any atom is -0.338 e. The van der Waals surface area contributed by atoms with Crippen LogP contribution in [0.2, 0.25) is 0 Å². The predicted octanol–water partition coefficient (Wildman–Crippen LogP) is 3.25. The Morgan fingerprint density at radius 2 is 2.04 bits per heavy atom. The number of hydrogen-bond acceptors (Lipinski definition) is 3. The van der Waals surface area contributed by atoms with E-state index in [2.05, 4.69) is 0 Å². The van der Waals surface area contributed by atoms with Gasteiger partial charge in [-0.05, 0) is 25.0 Å². The second-order valence-electron chi connectivity index (χ2n) is 7.52. The summed E-state index contributed by atoms with van der Waals surface area (Å²) in [4.78, 5) is 26.4. The molecule has 1 atom stereocenters. The van der Waals surface area contributed by atoms with Gasteiger partial charge in [0.1, 0.15) is 17.7 Å². The van der Waals surface area contributed by atoms with Gasteiger partial charge in [-0.2, -0.15) is 5.26 Å². The van der Waals surface area contributed by atoms with Crippen LogP contribution < -0.4 is 0 Å². The molecule has 0 aromatic heterocycles. The van der Waals surface area contributed by atoms with E-state index in [1.54, 1.807) is 19.9 Å². The maximum absolute atomic E-state index is 13.9. The summed E-state index contributed by atoms with van der Waals surface area (Å²) in [5.74, 6) is -2.31. The van der Waals surface area contributed by atoms with Gasteiger partial charge in [-0.3, -0.25) is 9.59 Å². The summed E-state index contributed by atoms with van der Waals surface area (Å²) < 4.78 is 26.9. The number of hydrogen-bond donors (Lipinski definition) is 0. The molecule has 1 aromatic carbocycles. The highest BCUT2D eigenvalue weighted by atomic mass is 19.1. The lowest BCUT2D eigenvalue weighted by molar-refractivity contribution is -0.125. The van der Waals surface area contributed by atoms with Crippen molar-refractivity contribution in [1.29, 1.82) is 5.26 Å². The third-order valence-corrected chi connectivity index (χ3v) is 5.06. The quantitative estimate of drug-likeness (QED) is 0.786. The van der Waals surface area contributed by atoms with E-state index in [1.807, 2.05) is 6.07 Å². The first kappa shape index (κ1) is 17.3. The molecule has 0 bridgehead atoms. The van der Waals surface area contributed by atoms with Gasteiger partial charge in [-0.1, -0.05) is 19.9 Å². The number of ketones is 1. The normalized spacial score (nSPS) is 25.0. The van der Waals surface area contributed by atoms with E-state index in [9.17, 15) is 23.6 Å². The lowest BCUT2D eigenvalue weighted by atomic mass is 9.64. The molecule has 1 saturated heterocycles. The van der Waals surface area contributed by atoms with Gasteiger partial charge >= 0.3 is 0 Å². The fourth-order valence-corrected chi connectivity index (χ4v) is 4.00. The standard InChI is InChI=1S/C19H18F2N2O2/c1-18(2)10-19(8-12(9-22)16(18)24)5-6-23(11-19)17(25)14-4-3-13(20)7-15(14)21/h3-4,7-8H,5-6,10-11H2,1-2H3/t19-/m0/s1.